The lowest BCUT2D eigenvalue weighted by Gasteiger charge is -2.13. The molecule has 5 nitrogen and oxygen atoms in total. The number of aromatic amines is 1. The van der Waals surface area contributed by atoms with Crippen LogP contribution in [-0.2, 0) is 6.18 Å². The molecular weight excluding hydrogens is 323 g/mol. The van der Waals surface area contributed by atoms with Crippen molar-refractivity contribution in [1.29, 1.82) is 0 Å². The summed E-state index contributed by atoms with van der Waals surface area (Å²) in [5.74, 6) is -0.489. The summed E-state index contributed by atoms with van der Waals surface area (Å²) in [7, 11) is 1.55. The number of nitrogens with zero attached hydrogens (tertiary/aromatic N) is 1. The van der Waals surface area contributed by atoms with Crippen molar-refractivity contribution >= 4 is 11.7 Å². The number of halogens is 3. The van der Waals surface area contributed by atoms with E-state index in [2.05, 4.69) is 15.3 Å². The average Bonchev–Trinajstić information content (AvgIpc) is 2.53. The fourth-order valence-electron chi connectivity index (χ4n) is 2.22. The monoisotopic (exact) mass is 339 g/mol. The molecule has 0 saturated heterocycles. The highest BCUT2D eigenvalue weighted by Crippen LogP contribution is 2.30. The number of alkyl halides is 3. The molecule has 1 aromatic heterocycles. The molecule has 0 fully saturated rings. The summed E-state index contributed by atoms with van der Waals surface area (Å²) in [4.78, 5) is 30.1. The van der Waals surface area contributed by atoms with Crippen molar-refractivity contribution in [2.45, 2.75) is 25.4 Å². The molecule has 2 N–H and O–H groups in total. The third kappa shape index (κ3) is 4.21. The van der Waals surface area contributed by atoms with E-state index in [-0.39, 0.29) is 29.8 Å². The molecule has 1 atom stereocenters. The number of hydrogen-bond donors (Lipinski definition) is 2. The Kier molecular flexibility index (Phi) is 5.06. The van der Waals surface area contributed by atoms with Gasteiger partial charge in [-0.05, 0) is 23.6 Å². The van der Waals surface area contributed by atoms with Crippen molar-refractivity contribution in [3.63, 3.8) is 0 Å². The molecule has 24 heavy (non-hydrogen) atoms. The van der Waals surface area contributed by atoms with Gasteiger partial charge in [-0.15, -0.1) is 0 Å². The summed E-state index contributed by atoms with van der Waals surface area (Å²) >= 11 is 0. The number of nitrogens with one attached hydrogen (secondary N) is 2. The Hall–Kier alpha value is -2.64. The quantitative estimate of drug-likeness (QED) is 0.820. The molecule has 0 radical (unpaired) electrons. The fourth-order valence-corrected chi connectivity index (χ4v) is 2.22. The lowest BCUT2D eigenvalue weighted by Crippen LogP contribution is -2.16. The summed E-state index contributed by atoms with van der Waals surface area (Å²) in [6.07, 6.45) is -4.36. The molecule has 8 heteroatoms. The van der Waals surface area contributed by atoms with E-state index in [9.17, 15) is 22.8 Å². The molecular formula is C16H16F3N3O2. The molecule has 0 bridgehead atoms. The molecule has 1 aromatic carbocycles. The zero-order valence-electron chi connectivity index (χ0n) is 13.1. The first kappa shape index (κ1) is 17.7. The minimum Gasteiger partial charge on any atom is -0.359 e. The third-order valence-corrected chi connectivity index (χ3v) is 3.56. The van der Waals surface area contributed by atoms with Crippen molar-refractivity contribution in [3.8, 4) is 0 Å². The van der Waals surface area contributed by atoms with Crippen LogP contribution in [0.3, 0.4) is 0 Å². The molecule has 0 amide bonds. The maximum atomic E-state index is 12.6. The van der Waals surface area contributed by atoms with E-state index in [1.807, 2.05) is 0 Å². The molecule has 0 unspecified atom stereocenters. The van der Waals surface area contributed by atoms with Gasteiger partial charge in [0, 0.05) is 19.5 Å². The first-order chi connectivity index (χ1) is 11.2. The molecule has 2 rings (SSSR count). The standard InChI is InChI=1S/C16H16F3N3O2/c1-9(10-3-5-11(6-4-10)16(17,18)19)7-13(23)12-8-14(24)22-15(20-2)21-12/h3-6,8-9H,7H2,1-2H3,(H2,20,21,22,24)/t9-/m0/s1. The van der Waals surface area contributed by atoms with Gasteiger partial charge in [0.1, 0.15) is 5.69 Å². The van der Waals surface area contributed by atoms with Crippen LogP contribution in [0.5, 0.6) is 0 Å². The van der Waals surface area contributed by atoms with Crippen LogP contribution in [-0.4, -0.2) is 22.8 Å². The molecule has 0 saturated carbocycles. The summed E-state index contributed by atoms with van der Waals surface area (Å²) in [5, 5.41) is 2.64. The van der Waals surface area contributed by atoms with Crippen molar-refractivity contribution in [2.75, 3.05) is 12.4 Å². The van der Waals surface area contributed by atoms with Gasteiger partial charge in [-0.25, -0.2) is 4.98 Å². The van der Waals surface area contributed by atoms with E-state index < -0.39 is 17.3 Å². The van der Waals surface area contributed by atoms with Crippen molar-refractivity contribution < 1.29 is 18.0 Å². The minimum absolute atomic E-state index is 0.0156. The Morgan fingerprint density at radius 2 is 1.92 bits per heavy atom. The Balaban J connectivity index is 2.14. The lowest BCUT2D eigenvalue weighted by atomic mass is 9.94. The second kappa shape index (κ2) is 6.86. The summed E-state index contributed by atoms with van der Waals surface area (Å²) < 4.78 is 37.7. The van der Waals surface area contributed by atoms with Gasteiger partial charge >= 0.3 is 6.18 Å². The summed E-state index contributed by atoms with van der Waals surface area (Å²) in [6.45, 7) is 1.73. The number of anilines is 1. The molecule has 2 aromatic rings. The van der Waals surface area contributed by atoms with Crippen LogP contribution in [0.1, 0.15) is 40.9 Å². The zero-order chi connectivity index (χ0) is 17.9. The number of carbonyl (C=O) groups is 1. The Bertz CT molecular complexity index is 782. The topological polar surface area (TPSA) is 74.8 Å². The maximum absolute atomic E-state index is 12.6. The largest absolute Gasteiger partial charge is 0.416 e. The smallest absolute Gasteiger partial charge is 0.359 e. The number of benzene rings is 1. The first-order valence-corrected chi connectivity index (χ1v) is 7.20. The molecule has 0 spiro atoms. The van der Waals surface area contributed by atoms with Crippen LogP contribution in [0, 0.1) is 0 Å². The second-order valence-electron chi connectivity index (χ2n) is 5.38. The van der Waals surface area contributed by atoms with Crippen molar-refractivity contribution in [1.82, 2.24) is 9.97 Å². The third-order valence-electron chi connectivity index (χ3n) is 3.56. The van der Waals surface area contributed by atoms with Gasteiger partial charge in [-0.1, -0.05) is 19.1 Å². The van der Waals surface area contributed by atoms with E-state index in [1.54, 1.807) is 14.0 Å². The highest BCUT2D eigenvalue weighted by Gasteiger charge is 2.30. The van der Waals surface area contributed by atoms with E-state index in [0.29, 0.717) is 5.56 Å². The van der Waals surface area contributed by atoms with Gasteiger partial charge < -0.3 is 5.32 Å². The van der Waals surface area contributed by atoms with Crippen LogP contribution in [0.25, 0.3) is 0 Å². The summed E-state index contributed by atoms with van der Waals surface area (Å²) in [6, 6.07) is 5.78. The van der Waals surface area contributed by atoms with Gasteiger partial charge in [0.05, 0.1) is 5.56 Å². The van der Waals surface area contributed by atoms with Gasteiger partial charge in [0.15, 0.2) is 5.78 Å². The van der Waals surface area contributed by atoms with Crippen molar-refractivity contribution in [3.05, 3.63) is 57.5 Å². The summed E-state index contributed by atoms with van der Waals surface area (Å²) in [5.41, 5.74) is -0.573. The second-order valence-corrected chi connectivity index (χ2v) is 5.38. The number of aromatic nitrogens is 2. The Morgan fingerprint density at radius 1 is 1.29 bits per heavy atom. The predicted octanol–water partition coefficient (Wildman–Crippen LogP) is 3.21. The van der Waals surface area contributed by atoms with Crippen LogP contribution in [0.4, 0.5) is 19.1 Å². The van der Waals surface area contributed by atoms with Gasteiger partial charge in [0.2, 0.25) is 5.95 Å². The predicted molar refractivity (Wildman–Crippen MR) is 83.2 cm³/mol. The van der Waals surface area contributed by atoms with Gasteiger partial charge in [-0.3, -0.25) is 14.6 Å². The van der Waals surface area contributed by atoms with Gasteiger partial charge in [-0.2, -0.15) is 13.2 Å². The number of hydrogen-bond acceptors (Lipinski definition) is 4. The normalized spacial score (nSPS) is 12.7. The van der Waals surface area contributed by atoms with Crippen molar-refractivity contribution in [2.24, 2.45) is 0 Å². The minimum atomic E-state index is -4.39. The number of ketones is 1. The number of carbonyl (C=O) groups excluding carboxylic acids is 1. The molecule has 1 heterocycles. The molecule has 0 aliphatic carbocycles. The molecule has 0 aliphatic rings. The van der Waals surface area contributed by atoms with E-state index >= 15 is 0 Å². The van der Waals surface area contributed by atoms with Crippen LogP contribution >= 0.6 is 0 Å². The molecule has 128 valence electrons. The highest BCUT2D eigenvalue weighted by molar-refractivity contribution is 5.94. The lowest BCUT2D eigenvalue weighted by molar-refractivity contribution is -0.137. The number of H-pyrrole nitrogens is 1. The highest BCUT2D eigenvalue weighted by atomic mass is 19.4. The number of Topliss-reactive ketones (excluding diaryl/α,β-unsaturated/α-hetero) is 1. The van der Waals surface area contributed by atoms with Crippen LogP contribution in [0.2, 0.25) is 0 Å². The zero-order valence-corrected chi connectivity index (χ0v) is 13.1. The number of rotatable bonds is 5. The van der Waals surface area contributed by atoms with E-state index in [1.165, 1.54) is 12.1 Å². The van der Waals surface area contributed by atoms with E-state index in [0.717, 1.165) is 18.2 Å². The Morgan fingerprint density at radius 3 is 2.46 bits per heavy atom. The Labute approximate surface area is 135 Å². The average molecular weight is 339 g/mol. The SMILES string of the molecule is CNc1nc(C(=O)C[C@H](C)c2ccc(C(F)(F)F)cc2)cc(=O)[nH]1. The fraction of sp³-hybridized carbons (Fsp3) is 0.312. The van der Waals surface area contributed by atoms with E-state index in [4.69, 9.17) is 0 Å². The first-order valence-electron chi connectivity index (χ1n) is 7.20. The van der Waals surface area contributed by atoms with Gasteiger partial charge in [0.25, 0.3) is 5.56 Å². The van der Waals surface area contributed by atoms with Crippen LogP contribution < -0.4 is 10.9 Å². The molecule has 0 aliphatic heterocycles. The maximum Gasteiger partial charge on any atom is 0.416 e. The van der Waals surface area contributed by atoms with Crippen LogP contribution in [0.15, 0.2) is 35.1 Å².